The van der Waals surface area contributed by atoms with Crippen LogP contribution in [0.3, 0.4) is 0 Å². The Morgan fingerprint density at radius 3 is 2.51 bits per heavy atom. The fourth-order valence-corrected chi connectivity index (χ4v) is 4.16. The van der Waals surface area contributed by atoms with Crippen LogP contribution in [-0.4, -0.2) is 54.3 Å². The van der Waals surface area contributed by atoms with Crippen molar-refractivity contribution < 1.29 is 28.1 Å². The topological polar surface area (TPSA) is 104 Å². The summed E-state index contributed by atoms with van der Waals surface area (Å²) >= 11 is 0. The second-order valence-corrected chi connectivity index (χ2v) is 8.17. The smallest absolute Gasteiger partial charge is 0.171 e. The number of allylic oxidation sites excluding steroid dienone is 1. The number of nitrogens with zero attached hydrogens (tertiary/aromatic N) is 3. The molecule has 0 atom stereocenters. The van der Waals surface area contributed by atoms with Gasteiger partial charge in [-0.2, -0.15) is 0 Å². The Kier molecular flexibility index (Phi) is 7.62. The quantitative estimate of drug-likeness (QED) is 0.473. The zero-order valence-electron chi connectivity index (χ0n) is 19.6. The maximum absolute atomic E-state index is 15.0. The monoisotopic (exact) mass is 486 g/mol. The number of hydrogen-bond donors (Lipinski definition) is 2. The number of fused-ring (bicyclic) bond motifs is 1. The molecule has 186 valence electrons. The van der Waals surface area contributed by atoms with E-state index < -0.39 is 11.6 Å². The van der Waals surface area contributed by atoms with Gasteiger partial charge in [-0.05, 0) is 24.5 Å². The highest BCUT2D eigenvalue weighted by molar-refractivity contribution is 6.10. The average Bonchev–Trinajstić information content (AvgIpc) is 3.24. The van der Waals surface area contributed by atoms with Gasteiger partial charge in [0.05, 0.1) is 20.3 Å². The van der Waals surface area contributed by atoms with Crippen molar-refractivity contribution in [1.29, 1.82) is 0 Å². The van der Waals surface area contributed by atoms with Crippen LogP contribution < -0.4 is 15.2 Å². The zero-order valence-corrected chi connectivity index (χ0v) is 19.6. The van der Waals surface area contributed by atoms with Gasteiger partial charge in [0.25, 0.3) is 0 Å². The predicted molar refractivity (Wildman–Crippen MR) is 129 cm³/mol. The van der Waals surface area contributed by atoms with Crippen molar-refractivity contribution in [3.63, 3.8) is 0 Å². The molecule has 2 aromatic heterocycles. The standard InChI is InChI=1S/C25H28F2N4O4/c1-33-21-9-22(34-2)24(27)20(23(21)26)8-16-13-31(14-32)25-19(16)7-15(11-30-25)17(10-28)12-29-18-3-5-35-6-4-18/h7,9-13,18,32H,3-6,8,14,28H2,1-2H3. The molecule has 0 spiro atoms. The molecule has 0 aliphatic carbocycles. The first-order valence-corrected chi connectivity index (χ1v) is 11.2. The largest absolute Gasteiger partial charge is 0.494 e. The van der Waals surface area contributed by atoms with Gasteiger partial charge in [0, 0.05) is 72.6 Å². The van der Waals surface area contributed by atoms with Crippen molar-refractivity contribution >= 4 is 22.8 Å². The lowest BCUT2D eigenvalue weighted by atomic mass is 10.0. The van der Waals surface area contributed by atoms with Crippen LogP contribution in [0.15, 0.2) is 35.7 Å². The minimum Gasteiger partial charge on any atom is -0.494 e. The van der Waals surface area contributed by atoms with Crippen LogP contribution >= 0.6 is 0 Å². The second-order valence-electron chi connectivity index (χ2n) is 8.17. The lowest BCUT2D eigenvalue weighted by molar-refractivity contribution is 0.0872. The van der Waals surface area contributed by atoms with Crippen molar-refractivity contribution in [2.24, 2.45) is 10.7 Å². The van der Waals surface area contributed by atoms with Gasteiger partial charge in [0.1, 0.15) is 12.4 Å². The highest BCUT2D eigenvalue weighted by Gasteiger charge is 2.22. The van der Waals surface area contributed by atoms with Crippen molar-refractivity contribution in [2.75, 3.05) is 27.4 Å². The molecule has 35 heavy (non-hydrogen) atoms. The van der Waals surface area contributed by atoms with E-state index in [1.165, 1.54) is 31.1 Å². The maximum Gasteiger partial charge on any atom is 0.171 e. The molecule has 0 amide bonds. The van der Waals surface area contributed by atoms with Crippen molar-refractivity contribution in [2.45, 2.75) is 32.0 Å². The van der Waals surface area contributed by atoms with E-state index in [9.17, 15) is 5.11 Å². The second kappa shape index (κ2) is 10.8. The molecule has 1 aliphatic heterocycles. The fraction of sp³-hybridized carbons (Fsp3) is 0.360. The maximum atomic E-state index is 15.0. The molecule has 1 aliphatic rings. The van der Waals surface area contributed by atoms with Gasteiger partial charge in [-0.1, -0.05) is 0 Å². The van der Waals surface area contributed by atoms with Crippen molar-refractivity contribution in [3.8, 4) is 11.5 Å². The van der Waals surface area contributed by atoms with Gasteiger partial charge in [-0.15, -0.1) is 0 Å². The number of methoxy groups -OCH3 is 2. The molecule has 3 aromatic rings. The summed E-state index contributed by atoms with van der Waals surface area (Å²) < 4.78 is 47.0. The summed E-state index contributed by atoms with van der Waals surface area (Å²) in [6.45, 7) is 1.01. The molecule has 1 aromatic carbocycles. The average molecular weight is 487 g/mol. The lowest BCUT2D eigenvalue weighted by Crippen LogP contribution is -2.18. The van der Waals surface area contributed by atoms with E-state index >= 15 is 8.78 Å². The molecule has 0 radical (unpaired) electrons. The van der Waals surface area contributed by atoms with Crippen molar-refractivity contribution in [3.05, 3.63) is 59.1 Å². The predicted octanol–water partition coefficient (Wildman–Crippen LogP) is 3.42. The Morgan fingerprint density at radius 2 is 1.91 bits per heavy atom. The number of hydrogen-bond acceptors (Lipinski definition) is 7. The van der Waals surface area contributed by atoms with Crippen LogP contribution in [-0.2, 0) is 17.9 Å². The molecular weight excluding hydrogens is 458 g/mol. The number of aliphatic hydroxyl groups excluding tert-OH is 1. The van der Waals surface area contributed by atoms with E-state index in [2.05, 4.69) is 9.98 Å². The van der Waals surface area contributed by atoms with Gasteiger partial charge in [0.15, 0.2) is 23.1 Å². The van der Waals surface area contributed by atoms with Crippen molar-refractivity contribution in [1.82, 2.24) is 9.55 Å². The van der Waals surface area contributed by atoms with Crippen LogP contribution in [0.25, 0.3) is 16.6 Å². The van der Waals surface area contributed by atoms with E-state index in [-0.39, 0.29) is 36.3 Å². The number of halogens is 2. The van der Waals surface area contributed by atoms with Gasteiger partial charge >= 0.3 is 0 Å². The molecule has 0 bridgehead atoms. The van der Waals surface area contributed by atoms with Crippen LogP contribution in [0.1, 0.15) is 29.5 Å². The molecule has 3 N–H and O–H groups in total. The summed E-state index contributed by atoms with van der Waals surface area (Å²) in [6, 6.07) is 3.16. The van der Waals surface area contributed by atoms with E-state index in [1.807, 2.05) is 6.07 Å². The number of benzene rings is 1. The number of pyridine rings is 1. The Labute approximate surface area is 201 Å². The summed E-state index contributed by atoms with van der Waals surface area (Å²) in [6.07, 6.45) is 7.98. The molecule has 1 fully saturated rings. The van der Waals surface area contributed by atoms with Gasteiger partial charge < -0.3 is 29.6 Å². The first-order valence-electron chi connectivity index (χ1n) is 11.2. The minimum atomic E-state index is -0.814. The number of aliphatic hydroxyl groups is 1. The third-order valence-corrected chi connectivity index (χ3v) is 6.11. The first kappa shape index (κ1) is 24.6. The summed E-state index contributed by atoms with van der Waals surface area (Å²) in [5.74, 6) is -1.88. The molecule has 3 heterocycles. The Morgan fingerprint density at radius 1 is 1.23 bits per heavy atom. The Bertz CT molecular complexity index is 1240. The summed E-state index contributed by atoms with van der Waals surface area (Å²) in [7, 11) is 2.60. The van der Waals surface area contributed by atoms with Gasteiger partial charge in [-0.25, -0.2) is 13.8 Å². The number of aliphatic imine (C=N–C) groups is 1. The first-order chi connectivity index (χ1) is 17.0. The minimum absolute atomic E-state index is 0.113. The summed E-state index contributed by atoms with van der Waals surface area (Å²) in [5, 5.41) is 10.4. The Hall–Kier alpha value is -3.50. The highest BCUT2D eigenvalue weighted by Crippen LogP contribution is 2.34. The van der Waals surface area contributed by atoms with Crippen LogP contribution in [0.4, 0.5) is 8.78 Å². The number of rotatable bonds is 8. The van der Waals surface area contributed by atoms with Crippen LogP contribution in [0.5, 0.6) is 11.5 Å². The van der Waals surface area contributed by atoms with E-state index in [0.717, 1.165) is 12.8 Å². The van der Waals surface area contributed by atoms with Gasteiger partial charge in [-0.3, -0.25) is 4.99 Å². The molecular formula is C25H28F2N4O4. The summed E-state index contributed by atoms with van der Waals surface area (Å²) in [5.41, 5.74) is 8.06. The van der Waals surface area contributed by atoms with Crippen LogP contribution in [0, 0.1) is 11.6 Å². The van der Waals surface area contributed by atoms with Gasteiger partial charge in [0.2, 0.25) is 0 Å². The molecule has 10 heteroatoms. The Balaban J connectivity index is 1.74. The number of nitrogens with two attached hydrogens (primary N) is 1. The van der Waals surface area contributed by atoms with Crippen LogP contribution in [0.2, 0.25) is 0 Å². The number of aromatic nitrogens is 2. The molecule has 1 saturated heterocycles. The third kappa shape index (κ3) is 4.98. The van der Waals surface area contributed by atoms with E-state index in [4.69, 9.17) is 19.9 Å². The van der Waals surface area contributed by atoms with E-state index in [1.54, 1.807) is 18.6 Å². The normalized spacial score (nSPS) is 15.3. The molecule has 0 saturated carbocycles. The SMILES string of the molecule is COc1cc(OC)c(F)c(Cc2cn(CO)c3ncc(C(C=NC4CCOCC4)=CN)cc23)c1F. The third-order valence-electron chi connectivity index (χ3n) is 6.11. The molecule has 4 rings (SSSR count). The molecule has 8 nitrogen and oxygen atoms in total. The fourth-order valence-electron chi connectivity index (χ4n) is 4.16. The molecule has 0 unspecified atom stereocenters. The lowest BCUT2D eigenvalue weighted by Gasteiger charge is -2.18. The van der Waals surface area contributed by atoms with E-state index in [0.29, 0.717) is 40.9 Å². The zero-order chi connectivity index (χ0) is 24.9. The highest BCUT2D eigenvalue weighted by atomic mass is 19.1. The number of ether oxygens (including phenoxy) is 3. The summed E-state index contributed by atoms with van der Waals surface area (Å²) in [4.78, 5) is 9.11.